The van der Waals surface area contributed by atoms with Crippen molar-refractivity contribution in [2.45, 2.75) is 38.0 Å². The van der Waals surface area contributed by atoms with Crippen LogP contribution in [-0.2, 0) is 10.0 Å². The van der Waals surface area contributed by atoms with Gasteiger partial charge < -0.3 is 5.32 Å². The highest BCUT2D eigenvalue weighted by Gasteiger charge is 2.25. The Hall–Kier alpha value is 0.220. The molecule has 0 amide bonds. The first-order valence-electron chi connectivity index (χ1n) is 6.16. The van der Waals surface area contributed by atoms with Crippen molar-refractivity contribution in [2.24, 2.45) is 5.92 Å². The smallest absolute Gasteiger partial charge is 0.215 e. The molecule has 0 aromatic rings. The van der Waals surface area contributed by atoms with Crippen LogP contribution in [0, 0.1) is 5.92 Å². The molecule has 2 atom stereocenters. The molecule has 0 aliphatic heterocycles. The maximum atomic E-state index is 11.9. The molecule has 0 aromatic carbocycles. The van der Waals surface area contributed by atoms with Crippen LogP contribution in [0.4, 0.5) is 0 Å². The summed E-state index contributed by atoms with van der Waals surface area (Å²) in [5.74, 6) is 1.36. The Kier molecular flexibility index (Phi) is 6.26. The zero-order valence-electron chi connectivity index (χ0n) is 10.9. The topological polar surface area (TPSA) is 58.2 Å². The molecule has 1 saturated carbocycles. The Labute approximate surface area is 109 Å². The van der Waals surface area contributed by atoms with Crippen LogP contribution in [0.15, 0.2) is 0 Å². The van der Waals surface area contributed by atoms with Crippen LogP contribution in [-0.4, -0.2) is 44.8 Å². The molecular formula is C11H24N2O2S2. The van der Waals surface area contributed by atoms with Crippen molar-refractivity contribution in [2.75, 3.05) is 25.1 Å². The van der Waals surface area contributed by atoms with E-state index < -0.39 is 10.0 Å². The van der Waals surface area contributed by atoms with Crippen molar-refractivity contribution in [1.29, 1.82) is 0 Å². The van der Waals surface area contributed by atoms with Crippen LogP contribution in [0.3, 0.4) is 0 Å². The van der Waals surface area contributed by atoms with Gasteiger partial charge in [-0.1, -0.05) is 6.92 Å². The molecule has 0 heterocycles. The maximum absolute atomic E-state index is 11.9. The molecule has 1 fully saturated rings. The standard InChI is InChI=1S/C11H24N2O2S2/c1-9(8-16-3)6-13-17(14,15)10(2)7-12-11-4-5-11/h9-13H,4-8H2,1-3H3. The number of sulfonamides is 1. The van der Waals surface area contributed by atoms with E-state index in [2.05, 4.69) is 17.0 Å². The summed E-state index contributed by atoms with van der Waals surface area (Å²) >= 11 is 1.74. The molecule has 6 heteroatoms. The fourth-order valence-corrected chi connectivity index (χ4v) is 3.28. The molecule has 0 radical (unpaired) electrons. The molecule has 0 bridgehead atoms. The van der Waals surface area contributed by atoms with Crippen LogP contribution in [0.25, 0.3) is 0 Å². The fraction of sp³-hybridized carbons (Fsp3) is 1.00. The lowest BCUT2D eigenvalue weighted by molar-refractivity contribution is 0.543. The van der Waals surface area contributed by atoms with Crippen LogP contribution in [0.5, 0.6) is 0 Å². The highest BCUT2D eigenvalue weighted by atomic mass is 32.2. The average Bonchev–Trinajstić information content (AvgIpc) is 3.07. The molecule has 1 aliphatic carbocycles. The minimum absolute atomic E-state index is 0.357. The quantitative estimate of drug-likeness (QED) is 0.663. The summed E-state index contributed by atoms with van der Waals surface area (Å²) in [6.07, 6.45) is 4.41. The number of rotatable bonds is 9. The van der Waals surface area contributed by atoms with Gasteiger partial charge in [-0.2, -0.15) is 11.8 Å². The van der Waals surface area contributed by atoms with Gasteiger partial charge in [-0.3, -0.25) is 0 Å². The van der Waals surface area contributed by atoms with E-state index >= 15 is 0 Å². The molecule has 17 heavy (non-hydrogen) atoms. The van der Waals surface area contributed by atoms with Gasteiger partial charge in [-0.05, 0) is 37.7 Å². The second-order valence-corrected chi connectivity index (χ2v) is 8.04. The lowest BCUT2D eigenvalue weighted by Crippen LogP contribution is -2.41. The molecule has 1 rings (SSSR count). The molecule has 2 unspecified atom stereocenters. The average molecular weight is 280 g/mol. The second kappa shape index (κ2) is 6.97. The number of thioether (sulfide) groups is 1. The Morgan fingerprint density at radius 1 is 1.29 bits per heavy atom. The summed E-state index contributed by atoms with van der Waals surface area (Å²) in [7, 11) is -3.16. The van der Waals surface area contributed by atoms with Crippen molar-refractivity contribution in [3.8, 4) is 0 Å². The van der Waals surface area contributed by atoms with Gasteiger partial charge in [-0.25, -0.2) is 13.1 Å². The Bertz CT molecular complexity index is 315. The van der Waals surface area contributed by atoms with E-state index in [0.29, 0.717) is 25.0 Å². The molecule has 0 saturated heterocycles. The molecular weight excluding hydrogens is 256 g/mol. The van der Waals surface area contributed by atoms with E-state index in [0.717, 1.165) is 5.75 Å². The molecule has 0 spiro atoms. The highest BCUT2D eigenvalue weighted by Crippen LogP contribution is 2.18. The maximum Gasteiger partial charge on any atom is 0.215 e. The summed E-state index contributed by atoms with van der Waals surface area (Å²) in [6.45, 7) is 4.91. The van der Waals surface area contributed by atoms with Crippen molar-refractivity contribution in [3.05, 3.63) is 0 Å². The SMILES string of the molecule is CSCC(C)CNS(=O)(=O)C(C)CNC1CC1. The minimum atomic E-state index is -3.16. The summed E-state index contributed by atoms with van der Waals surface area (Å²) in [6, 6.07) is 0.558. The van der Waals surface area contributed by atoms with E-state index in [1.807, 2.05) is 6.26 Å². The summed E-state index contributed by atoms with van der Waals surface area (Å²) in [5.41, 5.74) is 0. The van der Waals surface area contributed by atoms with E-state index in [4.69, 9.17) is 0 Å². The first kappa shape index (κ1) is 15.3. The van der Waals surface area contributed by atoms with Gasteiger partial charge in [0.2, 0.25) is 10.0 Å². The monoisotopic (exact) mass is 280 g/mol. The zero-order valence-corrected chi connectivity index (χ0v) is 12.5. The lowest BCUT2D eigenvalue weighted by Gasteiger charge is -2.16. The third kappa shape index (κ3) is 6.08. The molecule has 4 nitrogen and oxygen atoms in total. The lowest BCUT2D eigenvalue weighted by atomic mass is 10.2. The van der Waals surface area contributed by atoms with Gasteiger partial charge in [0.25, 0.3) is 0 Å². The van der Waals surface area contributed by atoms with Gasteiger partial charge in [0.15, 0.2) is 0 Å². The minimum Gasteiger partial charge on any atom is -0.313 e. The predicted molar refractivity (Wildman–Crippen MR) is 75.0 cm³/mol. The van der Waals surface area contributed by atoms with Crippen LogP contribution in [0.1, 0.15) is 26.7 Å². The van der Waals surface area contributed by atoms with E-state index in [9.17, 15) is 8.42 Å². The van der Waals surface area contributed by atoms with E-state index in [1.165, 1.54) is 12.8 Å². The summed E-state index contributed by atoms with van der Waals surface area (Å²) in [5, 5.41) is 2.90. The number of hydrogen-bond acceptors (Lipinski definition) is 4. The van der Waals surface area contributed by atoms with Gasteiger partial charge in [-0.15, -0.1) is 0 Å². The predicted octanol–water partition coefficient (Wildman–Crippen LogP) is 1.05. The summed E-state index contributed by atoms with van der Waals surface area (Å²) in [4.78, 5) is 0. The Balaban J connectivity index is 2.27. The molecule has 2 N–H and O–H groups in total. The Morgan fingerprint density at radius 3 is 2.47 bits per heavy atom. The first-order chi connectivity index (χ1) is 7.95. The van der Waals surface area contributed by atoms with Crippen LogP contribution >= 0.6 is 11.8 Å². The Morgan fingerprint density at radius 2 is 1.94 bits per heavy atom. The largest absolute Gasteiger partial charge is 0.313 e. The summed E-state index contributed by atoms with van der Waals surface area (Å²) < 4.78 is 26.5. The van der Waals surface area contributed by atoms with Crippen LogP contribution < -0.4 is 10.0 Å². The van der Waals surface area contributed by atoms with Crippen molar-refractivity contribution in [1.82, 2.24) is 10.0 Å². The first-order valence-corrected chi connectivity index (χ1v) is 9.10. The van der Waals surface area contributed by atoms with E-state index in [-0.39, 0.29) is 5.25 Å². The number of nitrogens with one attached hydrogen (secondary N) is 2. The van der Waals surface area contributed by atoms with Gasteiger partial charge in [0, 0.05) is 19.1 Å². The van der Waals surface area contributed by atoms with Gasteiger partial charge in [0.05, 0.1) is 5.25 Å². The molecule has 1 aliphatic rings. The van der Waals surface area contributed by atoms with Crippen molar-refractivity contribution in [3.63, 3.8) is 0 Å². The van der Waals surface area contributed by atoms with Crippen LogP contribution in [0.2, 0.25) is 0 Å². The molecule has 102 valence electrons. The fourth-order valence-electron chi connectivity index (χ4n) is 1.47. The highest BCUT2D eigenvalue weighted by molar-refractivity contribution is 7.98. The van der Waals surface area contributed by atoms with Gasteiger partial charge >= 0.3 is 0 Å². The van der Waals surface area contributed by atoms with Crippen molar-refractivity contribution < 1.29 is 8.42 Å². The number of hydrogen-bond donors (Lipinski definition) is 2. The third-order valence-corrected chi connectivity index (χ3v) is 5.58. The molecule has 0 aromatic heterocycles. The zero-order chi connectivity index (χ0) is 12.9. The van der Waals surface area contributed by atoms with Crippen molar-refractivity contribution >= 4 is 21.8 Å². The normalized spacial score (nSPS) is 20.2. The van der Waals surface area contributed by atoms with E-state index in [1.54, 1.807) is 18.7 Å². The third-order valence-electron chi connectivity index (χ3n) is 2.89. The second-order valence-electron chi connectivity index (χ2n) is 4.95. The van der Waals surface area contributed by atoms with Gasteiger partial charge in [0.1, 0.15) is 0 Å².